The van der Waals surface area contributed by atoms with Crippen LogP contribution in [0.1, 0.15) is 80.1 Å². The molecule has 28 heavy (non-hydrogen) atoms. The van der Waals surface area contributed by atoms with Crippen molar-refractivity contribution in [3.05, 3.63) is 0 Å². The fourth-order valence-corrected chi connectivity index (χ4v) is 6.09. The first kappa shape index (κ1) is 20.0. The van der Waals surface area contributed by atoms with Crippen LogP contribution >= 0.6 is 0 Å². The Kier molecular flexibility index (Phi) is 4.33. The van der Waals surface area contributed by atoms with Crippen molar-refractivity contribution in [2.75, 3.05) is 6.61 Å². The highest BCUT2D eigenvalue weighted by molar-refractivity contribution is 5.83. The fraction of sp³-hybridized carbons (Fsp3) is 0.905. The highest BCUT2D eigenvalue weighted by Gasteiger charge is 2.75. The van der Waals surface area contributed by atoms with Crippen molar-refractivity contribution in [2.24, 2.45) is 0 Å². The molecule has 3 unspecified atom stereocenters. The highest BCUT2D eigenvalue weighted by Crippen LogP contribution is 2.62. The van der Waals surface area contributed by atoms with E-state index in [4.69, 9.17) is 14.3 Å². The Hall–Kier alpha value is -1.34. The van der Waals surface area contributed by atoms with Gasteiger partial charge in [-0.1, -0.05) is 0 Å². The summed E-state index contributed by atoms with van der Waals surface area (Å²) in [5.74, 6) is -0.173. The molecule has 0 N–H and O–H groups in total. The predicted octanol–water partition coefficient (Wildman–Crippen LogP) is 3.41. The molecular formula is C21H34N2O5. The van der Waals surface area contributed by atoms with E-state index >= 15 is 0 Å². The number of piperidine rings is 1. The topological polar surface area (TPSA) is 68.3 Å². The van der Waals surface area contributed by atoms with Crippen LogP contribution in [0.3, 0.4) is 0 Å². The minimum Gasteiger partial charge on any atom is -0.465 e. The van der Waals surface area contributed by atoms with Crippen LogP contribution in [0.5, 0.6) is 0 Å². The van der Waals surface area contributed by atoms with Gasteiger partial charge >= 0.3 is 12.1 Å². The number of carbonyl (C=O) groups excluding carboxylic acids is 2. The van der Waals surface area contributed by atoms with Crippen molar-refractivity contribution in [3.63, 3.8) is 0 Å². The van der Waals surface area contributed by atoms with Gasteiger partial charge in [0.05, 0.1) is 17.7 Å². The molecule has 2 bridgehead atoms. The lowest BCUT2D eigenvalue weighted by atomic mass is 9.63. The second-order valence-corrected chi connectivity index (χ2v) is 10.7. The van der Waals surface area contributed by atoms with Crippen LogP contribution in [0.25, 0.3) is 0 Å². The largest absolute Gasteiger partial charge is 0.465 e. The third-order valence-electron chi connectivity index (χ3n) is 6.61. The molecule has 4 aliphatic heterocycles. The maximum atomic E-state index is 12.8. The van der Waals surface area contributed by atoms with Crippen molar-refractivity contribution in [3.8, 4) is 0 Å². The van der Waals surface area contributed by atoms with Gasteiger partial charge in [-0.05, 0) is 73.6 Å². The zero-order chi connectivity index (χ0) is 20.5. The maximum Gasteiger partial charge on any atom is 0.410 e. The van der Waals surface area contributed by atoms with E-state index in [1.54, 1.807) is 0 Å². The number of fused-ring (bicyclic) bond motifs is 4. The lowest BCUT2D eigenvalue weighted by Crippen LogP contribution is -2.77. The number of nitrogens with zero attached hydrogens (tertiary/aromatic N) is 2. The molecule has 1 spiro atoms. The summed E-state index contributed by atoms with van der Waals surface area (Å²) in [5.41, 5.74) is -1.75. The normalized spacial score (nSPS) is 38.9. The molecule has 4 heterocycles. The van der Waals surface area contributed by atoms with Crippen LogP contribution in [0.15, 0.2) is 0 Å². The summed E-state index contributed by atoms with van der Waals surface area (Å²) < 4.78 is 11.1. The Labute approximate surface area is 167 Å². The summed E-state index contributed by atoms with van der Waals surface area (Å²) in [6.07, 6.45) is 4.78. The predicted molar refractivity (Wildman–Crippen MR) is 102 cm³/mol. The van der Waals surface area contributed by atoms with Crippen LogP contribution < -0.4 is 0 Å². The molecule has 7 heteroatoms. The average molecular weight is 395 g/mol. The zero-order valence-corrected chi connectivity index (χ0v) is 18.0. The SMILES string of the molecule is CCOC(=O)C12CC(C)(C)ON1C1(CC3CCC(C1)N3C(=O)OC(C)(C)C)C2. The molecule has 4 aliphatic rings. The van der Waals surface area contributed by atoms with Gasteiger partial charge in [-0.2, -0.15) is 5.06 Å². The molecule has 4 fully saturated rings. The van der Waals surface area contributed by atoms with Crippen molar-refractivity contribution >= 4 is 12.1 Å². The third-order valence-corrected chi connectivity index (χ3v) is 6.61. The maximum absolute atomic E-state index is 12.8. The molecule has 0 aromatic carbocycles. The van der Waals surface area contributed by atoms with Crippen molar-refractivity contribution in [1.82, 2.24) is 9.96 Å². The molecule has 0 aromatic heterocycles. The van der Waals surface area contributed by atoms with Crippen LogP contribution in [0.2, 0.25) is 0 Å². The van der Waals surface area contributed by atoms with E-state index in [1.165, 1.54) is 0 Å². The number of ether oxygens (including phenoxy) is 2. The van der Waals surface area contributed by atoms with Crippen molar-refractivity contribution < 1.29 is 23.9 Å². The molecule has 0 radical (unpaired) electrons. The number of hydrogen-bond acceptors (Lipinski definition) is 6. The van der Waals surface area contributed by atoms with E-state index in [-0.39, 0.29) is 29.7 Å². The monoisotopic (exact) mass is 394 g/mol. The van der Waals surface area contributed by atoms with Gasteiger partial charge in [0.25, 0.3) is 0 Å². The van der Waals surface area contributed by atoms with E-state index < -0.39 is 16.7 Å². The Balaban J connectivity index is 1.55. The summed E-state index contributed by atoms with van der Waals surface area (Å²) in [7, 11) is 0. The number of amides is 1. The van der Waals surface area contributed by atoms with Crippen LogP contribution in [-0.2, 0) is 19.1 Å². The molecule has 0 saturated carbocycles. The lowest BCUT2D eigenvalue weighted by Gasteiger charge is -2.62. The number of hydrogen-bond donors (Lipinski definition) is 0. The quantitative estimate of drug-likeness (QED) is 0.669. The molecule has 4 rings (SSSR count). The first-order valence-corrected chi connectivity index (χ1v) is 10.6. The van der Waals surface area contributed by atoms with Gasteiger partial charge in [0, 0.05) is 18.5 Å². The molecule has 0 aliphatic carbocycles. The Morgan fingerprint density at radius 1 is 1.11 bits per heavy atom. The van der Waals surface area contributed by atoms with Gasteiger partial charge in [-0.3, -0.25) is 4.84 Å². The molecular weight excluding hydrogens is 360 g/mol. The minimum absolute atomic E-state index is 0.140. The number of hydroxylamine groups is 2. The average Bonchev–Trinajstić information content (AvgIpc) is 2.95. The molecule has 158 valence electrons. The molecule has 0 aromatic rings. The summed E-state index contributed by atoms with van der Waals surface area (Å²) in [4.78, 5) is 33.8. The fourth-order valence-electron chi connectivity index (χ4n) is 6.09. The van der Waals surface area contributed by atoms with E-state index in [0.717, 1.165) is 32.1 Å². The van der Waals surface area contributed by atoms with Gasteiger partial charge < -0.3 is 14.4 Å². The van der Waals surface area contributed by atoms with E-state index in [9.17, 15) is 9.59 Å². The molecule has 1 amide bonds. The van der Waals surface area contributed by atoms with Crippen LogP contribution in [0.4, 0.5) is 4.79 Å². The van der Waals surface area contributed by atoms with Crippen LogP contribution in [0, 0.1) is 0 Å². The third kappa shape index (κ3) is 2.93. The van der Waals surface area contributed by atoms with Crippen LogP contribution in [-0.4, -0.2) is 63.0 Å². The van der Waals surface area contributed by atoms with E-state index in [1.807, 2.05) is 51.5 Å². The summed E-state index contributed by atoms with van der Waals surface area (Å²) in [6.45, 7) is 12.0. The number of rotatable bonds is 2. The van der Waals surface area contributed by atoms with Gasteiger partial charge in [-0.15, -0.1) is 0 Å². The summed E-state index contributed by atoms with van der Waals surface area (Å²) in [5, 5.41) is 1.97. The number of esters is 1. The Morgan fingerprint density at radius 3 is 2.25 bits per heavy atom. The lowest BCUT2D eigenvalue weighted by molar-refractivity contribution is -0.333. The first-order valence-electron chi connectivity index (χ1n) is 10.6. The smallest absolute Gasteiger partial charge is 0.410 e. The highest BCUT2D eigenvalue weighted by atomic mass is 16.7. The number of carbonyl (C=O) groups is 2. The standard InChI is InChI=1S/C21H34N2O5/c1-7-26-16(24)21-12-19(5,6)28-23(21)20(13-21)10-14-8-9-15(11-20)22(14)17(25)27-18(2,3)4/h14-15H,7-13H2,1-6H3. The Morgan fingerprint density at radius 2 is 1.71 bits per heavy atom. The van der Waals surface area contributed by atoms with Gasteiger partial charge in [0.15, 0.2) is 0 Å². The molecule has 3 atom stereocenters. The van der Waals surface area contributed by atoms with Crippen molar-refractivity contribution in [2.45, 2.75) is 114 Å². The summed E-state index contributed by atoms with van der Waals surface area (Å²) >= 11 is 0. The molecule has 4 saturated heterocycles. The van der Waals surface area contributed by atoms with E-state index in [0.29, 0.717) is 13.0 Å². The summed E-state index contributed by atoms with van der Waals surface area (Å²) in [6, 6.07) is 0.280. The van der Waals surface area contributed by atoms with E-state index in [2.05, 4.69) is 0 Å². The van der Waals surface area contributed by atoms with Crippen molar-refractivity contribution in [1.29, 1.82) is 0 Å². The zero-order valence-electron chi connectivity index (χ0n) is 18.0. The van der Waals surface area contributed by atoms with Gasteiger partial charge in [0.1, 0.15) is 11.1 Å². The molecule has 7 nitrogen and oxygen atoms in total. The van der Waals surface area contributed by atoms with Gasteiger partial charge in [-0.25, -0.2) is 9.59 Å². The second-order valence-electron chi connectivity index (χ2n) is 10.7. The Bertz CT molecular complexity index is 671. The second kappa shape index (κ2) is 6.08. The minimum atomic E-state index is -0.674. The first-order chi connectivity index (χ1) is 12.9. The van der Waals surface area contributed by atoms with Gasteiger partial charge in [0.2, 0.25) is 0 Å².